The second kappa shape index (κ2) is 4.18. The number of aromatic nitrogens is 1. The smallest absolute Gasteiger partial charge is 0.128 e. The molecule has 0 spiro atoms. The van der Waals surface area contributed by atoms with Crippen LogP contribution in [0.15, 0.2) is 12.1 Å². The lowest BCUT2D eigenvalue weighted by atomic mass is 10.0. The minimum Gasteiger partial charge on any atom is -0.496 e. The van der Waals surface area contributed by atoms with Gasteiger partial charge in [-0.1, -0.05) is 6.07 Å². The van der Waals surface area contributed by atoms with Crippen molar-refractivity contribution in [1.29, 1.82) is 0 Å². The van der Waals surface area contributed by atoms with Crippen molar-refractivity contribution in [3.8, 4) is 5.75 Å². The zero-order valence-electron chi connectivity index (χ0n) is 10.1. The van der Waals surface area contributed by atoms with E-state index in [1.165, 1.54) is 27.7 Å². The molecule has 0 amide bonds. The highest BCUT2D eigenvalue weighted by molar-refractivity contribution is 5.92. The van der Waals surface area contributed by atoms with Crippen molar-refractivity contribution in [3.05, 3.63) is 29.0 Å². The maximum absolute atomic E-state index is 5.65. The zero-order chi connectivity index (χ0) is 11.7. The van der Waals surface area contributed by atoms with E-state index in [1.807, 2.05) is 6.07 Å². The molecule has 16 heavy (non-hydrogen) atoms. The number of methoxy groups -OCH3 is 1. The van der Waals surface area contributed by atoms with Crippen LogP contribution in [0.3, 0.4) is 0 Å². The number of nitrogens with two attached hydrogens (primary N) is 1. The number of hydrogen-bond acceptors (Lipinski definition) is 2. The molecule has 1 aromatic carbocycles. The fraction of sp³-hybridized carbons (Fsp3) is 0.385. The average Bonchev–Trinajstić information content (AvgIpc) is 2.59. The van der Waals surface area contributed by atoms with Crippen LogP contribution in [0.1, 0.15) is 16.8 Å². The van der Waals surface area contributed by atoms with E-state index in [-0.39, 0.29) is 0 Å². The largest absolute Gasteiger partial charge is 0.496 e. The number of fused-ring (bicyclic) bond motifs is 1. The van der Waals surface area contributed by atoms with Gasteiger partial charge >= 0.3 is 0 Å². The van der Waals surface area contributed by atoms with E-state index >= 15 is 0 Å². The van der Waals surface area contributed by atoms with E-state index in [9.17, 15) is 0 Å². The van der Waals surface area contributed by atoms with Gasteiger partial charge in [0.25, 0.3) is 0 Å². The van der Waals surface area contributed by atoms with Crippen molar-refractivity contribution in [2.75, 3.05) is 13.7 Å². The van der Waals surface area contributed by atoms with Crippen LogP contribution in [-0.4, -0.2) is 18.6 Å². The second-order valence-corrected chi connectivity index (χ2v) is 4.10. The van der Waals surface area contributed by atoms with E-state index in [2.05, 4.69) is 24.9 Å². The molecule has 1 heterocycles. The Bertz CT molecular complexity index is 514. The number of H-pyrrole nitrogens is 1. The van der Waals surface area contributed by atoms with Gasteiger partial charge in [-0.3, -0.25) is 0 Å². The summed E-state index contributed by atoms with van der Waals surface area (Å²) >= 11 is 0. The van der Waals surface area contributed by atoms with Gasteiger partial charge in [0.15, 0.2) is 0 Å². The summed E-state index contributed by atoms with van der Waals surface area (Å²) in [5, 5.41) is 1.19. The number of rotatable bonds is 3. The summed E-state index contributed by atoms with van der Waals surface area (Å²) in [6.45, 7) is 4.85. The summed E-state index contributed by atoms with van der Waals surface area (Å²) in [6, 6.07) is 4.09. The highest BCUT2D eigenvalue weighted by Gasteiger charge is 2.13. The monoisotopic (exact) mass is 218 g/mol. The third kappa shape index (κ3) is 1.57. The van der Waals surface area contributed by atoms with Crippen molar-refractivity contribution in [2.24, 2.45) is 5.73 Å². The molecule has 0 saturated carbocycles. The van der Waals surface area contributed by atoms with Crippen LogP contribution >= 0.6 is 0 Å². The molecule has 0 aliphatic heterocycles. The summed E-state index contributed by atoms with van der Waals surface area (Å²) in [5.74, 6) is 0.924. The Hall–Kier alpha value is -1.48. The normalized spacial score (nSPS) is 11.0. The van der Waals surface area contributed by atoms with E-state index in [0.29, 0.717) is 6.54 Å². The molecule has 2 rings (SSSR count). The van der Waals surface area contributed by atoms with E-state index in [0.717, 1.165) is 12.2 Å². The average molecular weight is 218 g/mol. The highest BCUT2D eigenvalue weighted by Crippen LogP contribution is 2.33. The number of ether oxygens (including phenoxy) is 1. The van der Waals surface area contributed by atoms with Crippen LogP contribution in [0.2, 0.25) is 0 Å². The molecule has 0 aliphatic rings. The quantitative estimate of drug-likeness (QED) is 0.830. The molecular weight excluding hydrogens is 200 g/mol. The summed E-state index contributed by atoms with van der Waals surface area (Å²) in [7, 11) is 1.71. The zero-order valence-corrected chi connectivity index (χ0v) is 10.1. The predicted molar refractivity (Wildman–Crippen MR) is 67.1 cm³/mol. The second-order valence-electron chi connectivity index (χ2n) is 4.10. The molecular formula is C13H18N2O. The first kappa shape index (κ1) is 11.0. The minimum atomic E-state index is 0.658. The molecule has 3 nitrogen and oxygen atoms in total. The molecule has 0 aliphatic carbocycles. The van der Waals surface area contributed by atoms with Gasteiger partial charge in [-0.05, 0) is 44.0 Å². The van der Waals surface area contributed by atoms with Crippen molar-refractivity contribution in [2.45, 2.75) is 20.3 Å². The van der Waals surface area contributed by atoms with Crippen molar-refractivity contribution in [3.63, 3.8) is 0 Å². The summed E-state index contributed by atoms with van der Waals surface area (Å²) in [4.78, 5) is 3.42. The summed E-state index contributed by atoms with van der Waals surface area (Å²) < 4.78 is 5.42. The van der Waals surface area contributed by atoms with Crippen LogP contribution < -0.4 is 10.5 Å². The van der Waals surface area contributed by atoms with Gasteiger partial charge < -0.3 is 15.5 Å². The highest BCUT2D eigenvalue weighted by atomic mass is 16.5. The van der Waals surface area contributed by atoms with E-state index in [4.69, 9.17) is 10.5 Å². The first-order valence-corrected chi connectivity index (χ1v) is 5.53. The number of hydrogen-bond donors (Lipinski definition) is 2. The Morgan fingerprint density at radius 1 is 1.31 bits per heavy atom. The SMILES string of the molecule is COc1ccc(C)c2[nH]c(C)c(CCN)c12. The Kier molecular flexibility index (Phi) is 2.88. The molecule has 1 aromatic heterocycles. The van der Waals surface area contributed by atoms with Crippen molar-refractivity contribution in [1.82, 2.24) is 4.98 Å². The van der Waals surface area contributed by atoms with Gasteiger partial charge in [0.05, 0.1) is 12.6 Å². The first-order chi connectivity index (χ1) is 7.69. The molecule has 86 valence electrons. The van der Waals surface area contributed by atoms with Crippen LogP contribution in [0, 0.1) is 13.8 Å². The fourth-order valence-corrected chi connectivity index (χ4v) is 2.23. The van der Waals surface area contributed by atoms with Gasteiger partial charge in [-0.15, -0.1) is 0 Å². The topological polar surface area (TPSA) is 51.0 Å². The third-order valence-electron chi connectivity index (χ3n) is 3.06. The Morgan fingerprint density at radius 3 is 2.69 bits per heavy atom. The molecule has 0 radical (unpaired) electrons. The molecule has 3 heteroatoms. The van der Waals surface area contributed by atoms with E-state index in [1.54, 1.807) is 7.11 Å². The molecule has 0 fully saturated rings. The van der Waals surface area contributed by atoms with Crippen LogP contribution in [0.4, 0.5) is 0 Å². The lowest BCUT2D eigenvalue weighted by Gasteiger charge is -2.06. The Morgan fingerprint density at radius 2 is 2.06 bits per heavy atom. The standard InChI is InChI=1S/C13H18N2O/c1-8-4-5-11(16-3)12-10(6-7-14)9(2)15-13(8)12/h4-5,15H,6-7,14H2,1-3H3. The number of aryl methyl sites for hydroxylation is 2. The molecule has 2 aromatic rings. The van der Waals surface area contributed by atoms with Crippen molar-refractivity contribution >= 4 is 10.9 Å². The molecule has 0 atom stereocenters. The molecule has 0 unspecified atom stereocenters. The van der Waals surface area contributed by atoms with Gasteiger partial charge in [-0.2, -0.15) is 0 Å². The Labute approximate surface area is 95.6 Å². The maximum atomic E-state index is 5.65. The first-order valence-electron chi connectivity index (χ1n) is 5.53. The predicted octanol–water partition coefficient (Wildman–Crippen LogP) is 2.29. The lowest BCUT2D eigenvalue weighted by molar-refractivity contribution is 0.419. The number of benzene rings is 1. The van der Waals surface area contributed by atoms with Gasteiger partial charge in [0.2, 0.25) is 0 Å². The number of aromatic amines is 1. The minimum absolute atomic E-state index is 0.658. The van der Waals surface area contributed by atoms with E-state index < -0.39 is 0 Å². The van der Waals surface area contributed by atoms with Gasteiger partial charge in [-0.25, -0.2) is 0 Å². The van der Waals surface area contributed by atoms with Crippen molar-refractivity contribution < 1.29 is 4.74 Å². The van der Waals surface area contributed by atoms with Crippen LogP contribution in [0.25, 0.3) is 10.9 Å². The Balaban J connectivity index is 2.78. The van der Waals surface area contributed by atoms with Crippen LogP contribution in [0.5, 0.6) is 5.75 Å². The summed E-state index contributed by atoms with van der Waals surface area (Å²) in [5.41, 5.74) is 10.5. The lowest BCUT2D eigenvalue weighted by Crippen LogP contribution is -2.03. The molecule has 0 bridgehead atoms. The maximum Gasteiger partial charge on any atom is 0.128 e. The fourth-order valence-electron chi connectivity index (χ4n) is 2.23. The van der Waals surface area contributed by atoms with Crippen LogP contribution in [-0.2, 0) is 6.42 Å². The molecule has 0 saturated heterocycles. The van der Waals surface area contributed by atoms with Gasteiger partial charge in [0.1, 0.15) is 5.75 Å². The third-order valence-corrected chi connectivity index (χ3v) is 3.06. The van der Waals surface area contributed by atoms with Gasteiger partial charge in [0, 0.05) is 11.1 Å². The summed E-state index contributed by atoms with van der Waals surface area (Å²) in [6.07, 6.45) is 0.881. The molecule has 3 N–H and O–H groups in total. The number of nitrogens with one attached hydrogen (secondary N) is 1.